The van der Waals surface area contributed by atoms with Crippen molar-refractivity contribution in [2.45, 2.75) is 38.5 Å². The molecule has 0 radical (unpaired) electrons. The van der Waals surface area contributed by atoms with Gasteiger partial charge in [-0.05, 0) is 141 Å². The summed E-state index contributed by atoms with van der Waals surface area (Å²) < 4.78 is 0. The predicted molar refractivity (Wildman–Crippen MR) is 229 cm³/mol. The highest BCUT2D eigenvalue weighted by molar-refractivity contribution is 6.01. The maximum Gasteiger partial charge on any atom is 0.0540 e. The number of rotatable bonds is 5. The molecule has 10 rings (SSSR count). The summed E-state index contributed by atoms with van der Waals surface area (Å²) in [6, 6.07) is 53.2. The van der Waals surface area contributed by atoms with Gasteiger partial charge in [0.1, 0.15) is 0 Å². The van der Waals surface area contributed by atoms with Crippen molar-refractivity contribution in [3.05, 3.63) is 216 Å². The van der Waals surface area contributed by atoms with Gasteiger partial charge in [0.2, 0.25) is 0 Å². The molecule has 54 heavy (non-hydrogen) atoms. The molecule has 0 fully saturated rings. The van der Waals surface area contributed by atoms with E-state index in [1.807, 2.05) is 0 Å². The van der Waals surface area contributed by atoms with Crippen LogP contribution >= 0.6 is 0 Å². The summed E-state index contributed by atoms with van der Waals surface area (Å²) in [6.07, 6.45) is 12.5. The second kappa shape index (κ2) is 12.6. The third-order valence-electron chi connectivity index (χ3n) is 11.9. The molecule has 6 aromatic rings. The lowest BCUT2D eigenvalue weighted by Crippen LogP contribution is -2.18. The van der Waals surface area contributed by atoms with Gasteiger partial charge in [0.05, 0.1) is 5.69 Å². The van der Waals surface area contributed by atoms with Crippen molar-refractivity contribution in [1.29, 1.82) is 0 Å². The van der Waals surface area contributed by atoms with Crippen LogP contribution in [0.4, 0.5) is 28.4 Å². The normalized spacial score (nSPS) is 18.3. The Hall–Kier alpha value is -6.38. The van der Waals surface area contributed by atoms with Crippen molar-refractivity contribution >= 4 is 45.2 Å². The highest BCUT2D eigenvalue weighted by Gasteiger charge is 2.37. The molecule has 0 saturated heterocycles. The maximum absolute atomic E-state index is 4.78. The van der Waals surface area contributed by atoms with E-state index in [-0.39, 0.29) is 5.41 Å². The SMILES string of the molecule is C=C1/C2=C\C(c3ccc(N(c4ccccc4)c4ccc5c(c4)C(C)(C)C4=C5CCC=C4)cc3)=C/N(c3ccccc3)c3cccc(c31)-c1ccccc1C2. The number of hydrogen-bond acceptors (Lipinski definition) is 2. The van der Waals surface area contributed by atoms with Crippen molar-refractivity contribution in [1.82, 2.24) is 0 Å². The van der Waals surface area contributed by atoms with Crippen LogP contribution in [0.15, 0.2) is 188 Å². The molecule has 0 aromatic heterocycles. The Morgan fingerprint density at radius 1 is 0.667 bits per heavy atom. The minimum Gasteiger partial charge on any atom is -0.316 e. The first-order chi connectivity index (χ1) is 26.5. The molecule has 2 bridgehead atoms. The number of allylic oxidation sites excluding steroid dienone is 8. The minimum absolute atomic E-state index is 0.0332. The minimum atomic E-state index is -0.0332. The van der Waals surface area contributed by atoms with Gasteiger partial charge < -0.3 is 9.80 Å². The van der Waals surface area contributed by atoms with Gasteiger partial charge in [-0.1, -0.05) is 124 Å². The molecule has 2 nitrogen and oxygen atoms in total. The molecule has 0 N–H and O–H groups in total. The quantitative estimate of drug-likeness (QED) is 0.177. The number of para-hydroxylation sites is 2. The lowest BCUT2D eigenvalue weighted by molar-refractivity contribution is 0.651. The van der Waals surface area contributed by atoms with Gasteiger partial charge in [-0.25, -0.2) is 0 Å². The molecule has 6 aromatic carbocycles. The average Bonchev–Trinajstić information content (AvgIpc) is 3.36. The molecule has 0 spiro atoms. The number of anilines is 5. The summed E-state index contributed by atoms with van der Waals surface area (Å²) in [5.74, 6) is 0. The Bertz CT molecular complexity index is 2600. The van der Waals surface area contributed by atoms with Crippen LogP contribution < -0.4 is 9.80 Å². The van der Waals surface area contributed by atoms with E-state index in [9.17, 15) is 0 Å². The number of fused-ring (bicyclic) bond motifs is 5. The van der Waals surface area contributed by atoms with Crippen molar-refractivity contribution in [2.75, 3.05) is 9.80 Å². The lowest BCUT2D eigenvalue weighted by atomic mass is 9.80. The molecule has 4 aliphatic rings. The predicted octanol–water partition coefficient (Wildman–Crippen LogP) is 13.9. The third kappa shape index (κ3) is 5.16. The average molecular weight is 695 g/mol. The van der Waals surface area contributed by atoms with Crippen LogP contribution in [0.5, 0.6) is 0 Å². The van der Waals surface area contributed by atoms with Crippen LogP contribution in [0.2, 0.25) is 0 Å². The molecule has 0 amide bonds. The smallest absolute Gasteiger partial charge is 0.0540 e. The zero-order valence-corrected chi connectivity index (χ0v) is 30.9. The number of benzene rings is 6. The standard InChI is InChI=1S/C52H42N2/c1-35-38-31-37-15-10-11-20-44(37)47-22-14-24-50(51(35)47)53(40-16-6-4-7-17-40)34-39(32-38)36-25-27-42(28-26-36)54(41-18-8-5-9-19-41)43-29-30-46-45-21-12-13-23-48(45)52(2,3)49(46)33-43/h4-11,13-20,22-30,32-34H,1,12,21,31H2,2-3H3/b38-32-,39-34+. The second-order valence-corrected chi connectivity index (χ2v) is 15.4. The summed E-state index contributed by atoms with van der Waals surface area (Å²) >= 11 is 0. The Balaban J connectivity index is 1.10. The molecule has 2 heteroatoms. The highest BCUT2D eigenvalue weighted by Crippen LogP contribution is 2.52. The van der Waals surface area contributed by atoms with Crippen LogP contribution in [0.3, 0.4) is 0 Å². The molecule has 0 saturated carbocycles. The van der Waals surface area contributed by atoms with Gasteiger partial charge in [0.25, 0.3) is 0 Å². The van der Waals surface area contributed by atoms with Crippen LogP contribution in [-0.4, -0.2) is 0 Å². The Kier molecular flexibility index (Phi) is 7.56. The van der Waals surface area contributed by atoms with Crippen molar-refractivity contribution < 1.29 is 0 Å². The summed E-state index contributed by atoms with van der Waals surface area (Å²) in [4.78, 5) is 4.75. The Labute approximate surface area is 319 Å². The molecule has 260 valence electrons. The van der Waals surface area contributed by atoms with Crippen LogP contribution in [0.25, 0.3) is 27.8 Å². The summed E-state index contributed by atoms with van der Waals surface area (Å²) in [6.45, 7) is 9.54. The van der Waals surface area contributed by atoms with E-state index in [0.717, 1.165) is 58.7 Å². The van der Waals surface area contributed by atoms with Gasteiger partial charge in [0, 0.05) is 39.9 Å². The molecular weight excluding hydrogens is 653 g/mol. The summed E-state index contributed by atoms with van der Waals surface area (Å²) in [5, 5.41) is 0. The van der Waals surface area contributed by atoms with Gasteiger partial charge in [-0.2, -0.15) is 0 Å². The Morgan fingerprint density at radius 3 is 2.19 bits per heavy atom. The monoisotopic (exact) mass is 694 g/mol. The Morgan fingerprint density at radius 2 is 1.37 bits per heavy atom. The number of hydrogen-bond donors (Lipinski definition) is 0. The number of nitrogens with zero attached hydrogens (tertiary/aromatic N) is 2. The van der Waals surface area contributed by atoms with Crippen LogP contribution in [-0.2, 0) is 11.8 Å². The van der Waals surface area contributed by atoms with E-state index in [1.165, 1.54) is 55.8 Å². The van der Waals surface area contributed by atoms with Crippen LogP contribution in [0.1, 0.15) is 54.5 Å². The van der Waals surface area contributed by atoms with Gasteiger partial charge in [-0.15, -0.1) is 0 Å². The molecule has 3 aliphatic carbocycles. The van der Waals surface area contributed by atoms with E-state index >= 15 is 0 Å². The van der Waals surface area contributed by atoms with Crippen LogP contribution in [0, 0.1) is 0 Å². The van der Waals surface area contributed by atoms with E-state index in [2.05, 4.69) is 194 Å². The van der Waals surface area contributed by atoms with Crippen molar-refractivity contribution in [3.63, 3.8) is 0 Å². The lowest BCUT2D eigenvalue weighted by Gasteiger charge is -2.29. The van der Waals surface area contributed by atoms with E-state index in [0.29, 0.717) is 0 Å². The van der Waals surface area contributed by atoms with E-state index < -0.39 is 0 Å². The van der Waals surface area contributed by atoms with Crippen molar-refractivity contribution in [2.24, 2.45) is 0 Å². The molecular formula is C52H42N2. The second-order valence-electron chi connectivity index (χ2n) is 15.4. The molecule has 0 unspecified atom stereocenters. The topological polar surface area (TPSA) is 6.48 Å². The highest BCUT2D eigenvalue weighted by atomic mass is 15.1. The molecule has 1 aliphatic heterocycles. The van der Waals surface area contributed by atoms with E-state index in [1.54, 1.807) is 0 Å². The molecule has 1 heterocycles. The molecule has 0 atom stereocenters. The zero-order chi connectivity index (χ0) is 36.4. The third-order valence-corrected chi connectivity index (χ3v) is 11.9. The first-order valence-electron chi connectivity index (χ1n) is 19.1. The van der Waals surface area contributed by atoms with E-state index in [4.69, 9.17) is 6.58 Å². The zero-order valence-electron chi connectivity index (χ0n) is 30.9. The summed E-state index contributed by atoms with van der Waals surface area (Å²) in [5.41, 5.74) is 21.2. The first-order valence-corrected chi connectivity index (χ1v) is 19.1. The fraction of sp³-hybridized carbons (Fsp3) is 0.115. The van der Waals surface area contributed by atoms with Gasteiger partial charge >= 0.3 is 0 Å². The first kappa shape index (κ1) is 32.3. The largest absolute Gasteiger partial charge is 0.316 e. The maximum atomic E-state index is 4.78. The fourth-order valence-corrected chi connectivity index (χ4v) is 9.18. The van der Waals surface area contributed by atoms with Gasteiger partial charge in [-0.3, -0.25) is 0 Å². The van der Waals surface area contributed by atoms with Gasteiger partial charge in [0.15, 0.2) is 0 Å². The van der Waals surface area contributed by atoms with Crippen molar-refractivity contribution in [3.8, 4) is 11.1 Å². The fourth-order valence-electron chi connectivity index (χ4n) is 9.18. The summed E-state index contributed by atoms with van der Waals surface area (Å²) in [7, 11) is 0.